The number of morpholine rings is 1. The number of halogens is 3. The van der Waals surface area contributed by atoms with Crippen LogP contribution in [0.15, 0.2) is 12.3 Å². The molecular weight excluding hydrogens is 261 g/mol. The number of hydrogen-bond donors (Lipinski definition) is 1. The standard InChI is InChI=1S/C11H15F3N4O/c1-18-4-5-19-8(7-18)6-16-10-15-3-2-9(17-10)11(12,13)14/h2-3,8H,4-7H2,1H3,(H,15,16,17)/t8-/m1/s1. The van der Waals surface area contributed by atoms with Gasteiger partial charge in [-0.3, -0.25) is 0 Å². The fraction of sp³-hybridized carbons (Fsp3) is 0.636. The molecule has 106 valence electrons. The second-order valence-electron chi connectivity index (χ2n) is 4.40. The van der Waals surface area contributed by atoms with Crippen molar-refractivity contribution < 1.29 is 17.9 Å². The van der Waals surface area contributed by atoms with Crippen molar-refractivity contribution in [3.8, 4) is 0 Å². The van der Waals surface area contributed by atoms with Crippen molar-refractivity contribution in [1.29, 1.82) is 0 Å². The highest BCUT2D eigenvalue weighted by atomic mass is 19.4. The van der Waals surface area contributed by atoms with Crippen LogP contribution in [0.25, 0.3) is 0 Å². The Labute approximate surface area is 108 Å². The molecule has 1 aliphatic rings. The van der Waals surface area contributed by atoms with Crippen LogP contribution in [-0.4, -0.2) is 54.3 Å². The summed E-state index contributed by atoms with van der Waals surface area (Å²) in [6.45, 7) is 2.58. The minimum atomic E-state index is -4.46. The van der Waals surface area contributed by atoms with Crippen LogP contribution < -0.4 is 5.32 Å². The van der Waals surface area contributed by atoms with Gasteiger partial charge in [-0.05, 0) is 13.1 Å². The van der Waals surface area contributed by atoms with Gasteiger partial charge in [0.25, 0.3) is 0 Å². The summed E-state index contributed by atoms with van der Waals surface area (Å²) in [5.74, 6) is -0.0355. The van der Waals surface area contributed by atoms with E-state index in [1.54, 1.807) is 0 Å². The van der Waals surface area contributed by atoms with Gasteiger partial charge in [0.1, 0.15) is 5.69 Å². The van der Waals surface area contributed by atoms with Gasteiger partial charge < -0.3 is 15.0 Å². The second-order valence-corrected chi connectivity index (χ2v) is 4.40. The SMILES string of the molecule is CN1CCO[C@H](CNc2nccc(C(F)(F)F)n2)C1. The van der Waals surface area contributed by atoms with Gasteiger partial charge in [0.2, 0.25) is 5.95 Å². The first kappa shape index (κ1) is 14.0. The number of alkyl halides is 3. The van der Waals surface area contributed by atoms with Gasteiger partial charge in [-0.2, -0.15) is 13.2 Å². The Morgan fingerprint density at radius 2 is 2.32 bits per heavy atom. The monoisotopic (exact) mass is 276 g/mol. The number of aromatic nitrogens is 2. The lowest BCUT2D eigenvalue weighted by molar-refractivity contribution is -0.141. The van der Waals surface area contributed by atoms with Gasteiger partial charge in [0.15, 0.2) is 0 Å². The predicted molar refractivity (Wildman–Crippen MR) is 62.8 cm³/mol. The highest BCUT2D eigenvalue weighted by Gasteiger charge is 2.32. The zero-order valence-corrected chi connectivity index (χ0v) is 10.4. The van der Waals surface area contributed by atoms with Gasteiger partial charge in [0.05, 0.1) is 12.7 Å². The summed E-state index contributed by atoms with van der Waals surface area (Å²) in [7, 11) is 1.97. The molecule has 0 bridgehead atoms. The summed E-state index contributed by atoms with van der Waals surface area (Å²) in [4.78, 5) is 9.30. The average molecular weight is 276 g/mol. The molecule has 1 N–H and O–H groups in total. The Bertz CT molecular complexity index is 427. The molecule has 0 aromatic carbocycles. The van der Waals surface area contributed by atoms with Crippen LogP contribution in [0.1, 0.15) is 5.69 Å². The average Bonchev–Trinajstić information content (AvgIpc) is 2.36. The molecule has 2 rings (SSSR count). The molecule has 1 aromatic rings. The zero-order valence-electron chi connectivity index (χ0n) is 10.4. The second kappa shape index (κ2) is 5.70. The molecule has 1 fully saturated rings. The lowest BCUT2D eigenvalue weighted by Crippen LogP contribution is -2.43. The zero-order chi connectivity index (χ0) is 13.9. The summed E-state index contributed by atoms with van der Waals surface area (Å²) in [6, 6.07) is 0.843. The quantitative estimate of drug-likeness (QED) is 0.900. The largest absolute Gasteiger partial charge is 0.433 e. The Kier molecular flexibility index (Phi) is 4.20. The number of rotatable bonds is 3. The van der Waals surface area contributed by atoms with Gasteiger partial charge in [0, 0.05) is 25.8 Å². The number of nitrogens with one attached hydrogen (secondary N) is 1. The Morgan fingerprint density at radius 3 is 3.00 bits per heavy atom. The van der Waals surface area contributed by atoms with Gasteiger partial charge in [-0.15, -0.1) is 0 Å². The third kappa shape index (κ3) is 4.03. The fourth-order valence-electron chi connectivity index (χ4n) is 1.80. The smallest absolute Gasteiger partial charge is 0.374 e. The minimum absolute atomic E-state index is 0.0355. The van der Waals surface area contributed by atoms with Crippen molar-refractivity contribution >= 4 is 5.95 Å². The summed E-state index contributed by atoms with van der Waals surface area (Å²) >= 11 is 0. The number of hydrogen-bond acceptors (Lipinski definition) is 5. The van der Waals surface area contributed by atoms with Crippen LogP contribution in [0.5, 0.6) is 0 Å². The van der Waals surface area contributed by atoms with Gasteiger partial charge >= 0.3 is 6.18 Å². The van der Waals surface area contributed by atoms with E-state index in [0.29, 0.717) is 13.2 Å². The molecule has 1 aromatic heterocycles. The predicted octanol–water partition coefficient (Wildman–Crippen LogP) is 1.24. The molecule has 0 radical (unpaired) electrons. The third-order valence-electron chi connectivity index (χ3n) is 2.78. The highest BCUT2D eigenvalue weighted by Crippen LogP contribution is 2.27. The molecule has 19 heavy (non-hydrogen) atoms. The van der Waals surface area contributed by atoms with Crippen molar-refractivity contribution in [2.24, 2.45) is 0 Å². The molecule has 0 amide bonds. The number of likely N-dealkylation sites (N-methyl/N-ethyl adjacent to an activating group) is 1. The van der Waals surface area contributed by atoms with E-state index in [4.69, 9.17) is 4.74 Å². The molecule has 0 saturated carbocycles. The number of nitrogens with zero attached hydrogens (tertiary/aromatic N) is 3. The molecule has 5 nitrogen and oxygen atoms in total. The maximum absolute atomic E-state index is 12.5. The van der Waals surface area contributed by atoms with Crippen LogP contribution in [0.4, 0.5) is 19.1 Å². The highest BCUT2D eigenvalue weighted by molar-refractivity contribution is 5.26. The molecule has 1 atom stereocenters. The topological polar surface area (TPSA) is 50.3 Å². The molecule has 0 spiro atoms. The summed E-state index contributed by atoms with van der Waals surface area (Å²) < 4.78 is 42.9. The van der Waals surface area contributed by atoms with Crippen LogP contribution in [0.3, 0.4) is 0 Å². The lowest BCUT2D eigenvalue weighted by Gasteiger charge is -2.30. The Morgan fingerprint density at radius 1 is 1.53 bits per heavy atom. The molecule has 0 aliphatic carbocycles. The van der Waals surface area contributed by atoms with Crippen LogP contribution in [0, 0.1) is 0 Å². The normalized spacial score (nSPS) is 21.4. The molecule has 2 heterocycles. The third-order valence-corrected chi connectivity index (χ3v) is 2.78. The van der Waals surface area contributed by atoms with E-state index in [-0.39, 0.29) is 12.1 Å². The molecular formula is C11H15F3N4O. The van der Waals surface area contributed by atoms with Crippen LogP contribution in [0.2, 0.25) is 0 Å². The summed E-state index contributed by atoms with van der Waals surface area (Å²) in [6.07, 6.45) is -3.44. The molecule has 8 heteroatoms. The van der Waals surface area contributed by atoms with E-state index >= 15 is 0 Å². The number of anilines is 1. The maximum atomic E-state index is 12.5. The van der Waals surface area contributed by atoms with E-state index in [1.807, 2.05) is 7.05 Å². The van der Waals surface area contributed by atoms with E-state index < -0.39 is 11.9 Å². The van der Waals surface area contributed by atoms with E-state index in [9.17, 15) is 13.2 Å². The molecule has 1 saturated heterocycles. The first-order valence-electron chi connectivity index (χ1n) is 5.89. The van der Waals surface area contributed by atoms with Crippen molar-refractivity contribution in [3.63, 3.8) is 0 Å². The van der Waals surface area contributed by atoms with Gasteiger partial charge in [-0.25, -0.2) is 9.97 Å². The molecule has 0 unspecified atom stereocenters. The fourth-order valence-corrected chi connectivity index (χ4v) is 1.80. The van der Waals surface area contributed by atoms with Crippen molar-refractivity contribution in [2.75, 3.05) is 38.6 Å². The van der Waals surface area contributed by atoms with Crippen molar-refractivity contribution in [1.82, 2.24) is 14.9 Å². The van der Waals surface area contributed by atoms with Crippen molar-refractivity contribution in [3.05, 3.63) is 18.0 Å². The lowest BCUT2D eigenvalue weighted by atomic mass is 10.3. The Balaban J connectivity index is 1.92. The van der Waals surface area contributed by atoms with Crippen LogP contribution >= 0.6 is 0 Å². The van der Waals surface area contributed by atoms with E-state index in [0.717, 1.165) is 25.4 Å². The summed E-state index contributed by atoms with van der Waals surface area (Å²) in [5.41, 5.74) is -0.952. The maximum Gasteiger partial charge on any atom is 0.433 e. The summed E-state index contributed by atoms with van der Waals surface area (Å²) in [5, 5.41) is 2.77. The van der Waals surface area contributed by atoms with E-state index in [1.165, 1.54) is 0 Å². The van der Waals surface area contributed by atoms with E-state index in [2.05, 4.69) is 20.2 Å². The van der Waals surface area contributed by atoms with Gasteiger partial charge in [-0.1, -0.05) is 0 Å². The van der Waals surface area contributed by atoms with Crippen LogP contribution in [-0.2, 0) is 10.9 Å². The first-order valence-corrected chi connectivity index (χ1v) is 5.89. The molecule has 1 aliphatic heterocycles. The Hall–Kier alpha value is -1.41. The van der Waals surface area contributed by atoms with Crippen molar-refractivity contribution in [2.45, 2.75) is 12.3 Å². The minimum Gasteiger partial charge on any atom is -0.374 e. The number of ether oxygens (including phenoxy) is 1. The first-order chi connectivity index (χ1) is 8.95.